The number of thiazole rings is 1. The quantitative estimate of drug-likeness (QED) is 0.776. The maximum absolute atomic E-state index is 12.7. The molecule has 0 radical (unpaired) electrons. The van der Waals surface area contributed by atoms with Crippen molar-refractivity contribution in [2.75, 3.05) is 13.1 Å². The minimum absolute atomic E-state index is 0.0128. The first-order valence-electron chi connectivity index (χ1n) is 8.72. The second kappa shape index (κ2) is 8.75. The molecule has 138 valence electrons. The lowest BCUT2D eigenvalue weighted by atomic mass is 10.2. The summed E-state index contributed by atoms with van der Waals surface area (Å²) in [4.78, 5) is 35.4. The number of amides is 3. The van der Waals surface area contributed by atoms with Crippen LogP contribution in [0.3, 0.4) is 0 Å². The first-order chi connectivity index (χ1) is 12.6. The largest absolute Gasteiger partial charge is 0.352 e. The van der Waals surface area contributed by atoms with Gasteiger partial charge in [0.1, 0.15) is 0 Å². The zero-order valence-corrected chi connectivity index (χ0v) is 15.6. The van der Waals surface area contributed by atoms with Gasteiger partial charge < -0.3 is 15.5 Å². The lowest BCUT2D eigenvalue weighted by Gasteiger charge is -2.26. The summed E-state index contributed by atoms with van der Waals surface area (Å²) >= 11 is 1.61. The van der Waals surface area contributed by atoms with Crippen molar-refractivity contribution in [2.24, 2.45) is 0 Å². The number of nitrogens with zero attached hydrogens (tertiary/aromatic N) is 3. The van der Waals surface area contributed by atoms with Gasteiger partial charge in [0.15, 0.2) is 0 Å². The van der Waals surface area contributed by atoms with E-state index in [-0.39, 0.29) is 18.0 Å². The van der Waals surface area contributed by atoms with Gasteiger partial charge in [0.05, 0.1) is 11.2 Å². The van der Waals surface area contributed by atoms with Crippen LogP contribution in [0.4, 0.5) is 4.79 Å². The van der Waals surface area contributed by atoms with Crippen LogP contribution in [0.2, 0.25) is 0 Å². The topological polar surface area (TPSA) is 87.2 Å². The fourth-order valence-electron chi connectivity index (χ4n) is 2.97. The highest BCUT2D eigenvalue weighted by Crippen LogP contribution is 2.13. The Balaban J connectivity index is 1.58. The van der Waals surface area contributed by atoms with E-state index in [2.05, 4.69) is 20.6 Å². The van der Waals surface area contributed by atoms with Crippen molar-refractivity contribution in [3.63, 3.8) is 0 Å². The van der Waals surface area contributed by atoms with Crippen LogP contribution in [0.1, 0.15) is 29.0 Å². The van der Waals surface area contributed by atoms with Crippen LogP contribution < -0.4 is 10.6 Å². The molecule has 1 aliphatic rings. The highest BCUT2D eigenvalue weighted by atomic mass is 32.1. The summed E-state index contributed by atoms with van der Waals surface area (Å²) in [6.07, 6.45) is 5.50. The average Bonchev–Trinajstić information content (AvgIpc) is 3.23. The van der Waals surface area contributed by atoms with E-state index in [0.29, 0.717) is 26.1 Å². The molecule has 2 N–H and O–H groups in total. The molecular formula is C18H23N5O2S. The van der Waals surface area contributed by atoms with Crippen molar-refractivity contribution < 1.29 is 9.59 Å². The molecule has 0 aliphatic carbocycles. The van der Waals surface area contributed by atoms with Crippen LogP contribution in [0.5, 0.6) is 0 Å². The number of nitrogens with one attached hydrogen (secondary N) is 2. The Hall–Kier alpha value is -2.48. The Bertz CT molecular complexity index is 749. The maximum atomic E-state index is 12.7. The normalized spacial score (nSPS) is 16.3. The van der Waals surface area contributed by atoms with Gasteiger partial charge in [-0.15, -0.1) is 11.3 Å². The summed E-state index contributed by atoms with van der Waals surface area (Å²) in [5.74, 6) is 0.0555. The second-order valence-electron chi connectivity index (χ2n) is 6.38. The summed E-state index contributed by atoms with van der Waals surface area (Å²) < 4.78 is 0. The van der Waals surface area contributed by atoms with E-state index < -0.39 is 0 Å². The van der Waals surface area contributed by atoms with Gasteiger partial charge in [-0.25, -0.2) is 9.78 Å². The van der Waals surface area contributed by atoms with E-state index in [0.717, 1.165) is 24.1 Å². The zero-order valence-electron chi connectivity index (χ0n) is 14.8. The number of hydrogen-bond acceptors (Lipinski definition) is 5. The fraction of sp³-hybridized carbons (Fsp3) is 0.444. The molecule has 2 aromatic rings. The third-order valence-electron chi connectivity index (χ3n) is 4.41. The number of urea groups is 1. The zero-order chi connectivity index (χ0) is 18.4. The molecule has 7 nitrogen and oxygen atoms in total. The number of aryl methyl sites for hydroxylation is 1. The Labute approximate surface area is 156 Å². The van der Waals surface area contributed by atoms with Crippen LogP contribution in [0.15, 0.2) is 30.0 Å². The monoisotopic (exact) mass is 373 g/mol. The van der Waals surface area contributed by atoms with Gasteiger partial charge in [0.2, 0.25) is 5.91 Å². The molecule has 0 spiro atoms. The van der Waals surface area contributed by atoms with Crippen molar-refractivity contribution in [2.45, 2.75) is 38.8 Å². The SMILES string of the molecule is Cc1ncsc1CCNC(=O)N(Cc1ccncc1)C[C@@H]1CCC(=O)N1. The summed E-state index contributed by atoms with van der Waals surface area (Å²) in [6.45, 7) is 3.53. The van der Waals surface area contributed by atoms with Crippen LogP contribution >= 0.6 is 11.3 Å². The maximum Gasteiger partial charge on any atom is 0.317 e. The number of rotatable bonds is 7. The Morgan fingerprint density at radius 2 is 2.23 bits per heavy atom. The summed E-state index contributed by atoms with van der Waals surface area (Å²) in [5.41, 5.74) is 3.86. The standard InChI is InChI=1S/C18H23N5O2S/c1-13-16(26-12-21-13)6-9-20-18(25)23(10-14-4-7-19-8-5-14)11-15-2-3-17(24)22-15/h4-5,7-8,12,15H,2-3,6,9-11H2,1H3,(H,20,25)(H,22,24)/t15-/m0/s1. The van der Waals surface area contributed by atoms with Crippen molar-refractivity contribution in [3.8, 4) is 0 Å². The molecule has 0 unspecified atom stereocenters. The van der Waals surface area contributed by atoms with E-state index in [1.165, 1.54) is 4.88 Å². The van der Waals surface area contributed by atoms with E-state index >= 15 is 0 Å². The first kappa shape index (κ1) is 18.3. The van der Waals surface area contributed by atoms with Gasteiger partial charge in [0.25, 0.3) is 0 Å². The predicted octanol–water partition coefficient (Wildman–Crippen LogP) is 1.88. The number of pyridine rings is 1. The first-order valence-corrected chi connectivity index (χ1v) is 9.60. The van der Waals surface area contributed by atoms with Crippen LogP contribution in [0, 0.1) is 6.92 Å². The number of carbonyl (C=O) groups is 2. The number of carbonyl (C=O) groups excluding carboxylic acids is 2. The minimum Gasteiger partial charge on any atom is -0.352 e. The molecule has 0 aromatic carbocycles. The lowest BCUT2D eigenvalue weighted by Crippen LogP contribution is -2.46. The summed E-state index contributed by atoms with van der Waals surface area (Å²) in [6, 6.07) is 3.69. The number of hydrogen-bond donors (Lipinski definition) is 2. The van der Waals surface area contributed by atoms with E-state index in [9.17, 15) is 9.59 Å². The van der Waals surface area contributed by atoms with Crippen molar-refractivity contribution in [3.05, 3.63) is 46.2 Å². The van der Waals surface area contributed by atoms with Crippen molar-refractivity contribution in [1.29, 1.82) is 0 Å². The molecule has 3 rings (SSSR count). The molecule has 3 amide bonds. The van der Waals surface area contributed by atoms with Gasteiger partial charge in [-0.3, -0.25) is 9.78 Å². The molecule has 1 fully saturated rings. The molecule has 1 aliphatic heterocycles. The van der Waals surface area contributed by atoms with E-state index in [4.69, 9.17) is 0 Å². The van der Waals surface area contributed by atoms with Crippen molar-refractivity contribution >= 4 is 23.3 Å². The Morgan fingerprint density at radius 3 is 2.88 bits per heavy atom. The van der Waals surface area contributed by atoms with E-state index in [1.807, 2.05) is 24.6 Å². The van der Waals surface area contributed by atoms with E-state index in [1.54, 1.807) is 28.6 Å². The Kier molecular flexibility index (Phi) is 6.17. The van der Waals surface area contributed by atoms with Gasteiger partial charge in [-0.05, 0) is 31.0 Å². The van der Waals surface area contributed by atoms with Crippen LogP contribution in [-0.2, 0) is 17.8 Å². The molecule has 0 bridgehead atoms. The highest BCUT2D eigenvalue weighted by Gasteiger charge is 2.25. The van der Waals surface area contributed by atoms with Crippen LogP contribution in [-0.4, -0.2) is 45.9 Å². The third kappa shape index (κ3) is 5.01. The molecule has 8 heteroatoms. The molecule has 1 saturated heterocycles. The third-order valence-corrected chi connectivity index (χ3v) is 5.40. The Morgan fingerprint density at radius 1 is 1.42 bits per heavy atom. The second-order valence-corrected chi connectivity index (χ2v) is 7.32. The predicted molar refractivity (Wildman–Crippen MR) is 99.8 cm³/mol. The van der Waals surface area contributed by atoms with Crippen molar-refractivity contribution in [1.82, 2.24) is 25.5 Å². The smallest absolute Gasteiger partial charge is 0.317 e. The van der Waals surface area contributed by atoms with Gasteiger partial charge in [-0.2, -0.15) is 0 Å². The summed E-state index contributed by atoms with van der Waals surface area (Å²) in [5, 5.41) is 5.92. The van der Waals surface area contributed by atoms with Gasteiger partial charge in [-0.1, -0.05) is 0 Å². The summed E-state index contributed by atoms with van der Waals surface area (Å²) in [7, 11) is 0. The molecule has 2 aromatic heterocycles. The highest BCUT2D eigenvalue weighted by molar-refractivity contribution is 7.09. The molecular weight excluding hydrogens is 350 g/mol. The van der Waals surface area contributed by atoms with Gasteiger partial charge in [0, 0.05) is 55.8 Å². The average molecular weight is 373 g/mol. The molecule has 3 heterocycles. The fourth-order valence-corrected chi connectivity index (χ4v) is 3.75. The van der Waals surface area contributed by atoms with Crippen LogP contribution in [0.25, 0.3) is 0 Å². The number of aromatic nitrogens is 2. The molecule has 0 saturated carbocycles. The lowest BCUT2D eigenvalue weighted by molar-refractivity contribution is -0.119. The minimum atomic E-state index is -0.120. The molecule has 26 heavy (non-hydrogen) atoms. The van der Waals surface area contributed by atoms with Gasteiger partial charge >= 0.3 is 6.03 Å². The molecule has 1 atom stereocenters.